The quantitative estimate of drug-likeness (QED) is 0.828. The summed E-state index contributed by atoms with van der Waals surface area (Å²) in [7, 11) is 0. The molecule has 1 aliphatic carbocycles. The summed E-state index contributed by atoms with van der Waals surface area (Å²) in [5.74, 6) is 0.504. The topological polar surface area (TPSA) is 29.1 Å². The predicted molar refractivity (Wildman–Crippen MR) is 65.0 cm³/mol. The molecule has 0 unspecified atom stereocenters. The van der Waals surface area contributed by atoms with Crippen LogP contribution >= 0.6 is 0 Å². The van der Waals surface area contributed by atoms with Gasteiger partial charge in [-0.2, -0.15) is 0 Å². The van der Waals surface area contributed by atoms with Crippen molar-refractivity contribution in [3.05, 3.63) is 35.4 Å². The van der Waals surface area contributed by atoms with Crippen LogP contribution in [0.25, 0.3) is 0 Å². The highest BCUT2D eigenvalue weighted by atomic mass is 16.1. The SMILES string of the molecule is Cc1cccc(CNC(=O)C2CCCC2)c1. The van der Waals surface area contributed by atoms with Gasteiger partial charge < -0.3 is 5.32 Å². The van der Waals surface area contributed by atoms with Crippen LogP contribution in [0.4, 0.5) is 0 Å². The first kappa shape index (κ1) is 11.2. The van der Waals surface area contributed by atoms with Gasteiger partial charge in [-0.25, -0.2) is 0 Å². The van der Waals surface area contributed by atoms with Gasteiger partial charge in [0.1, 0.15) is 0 Å². The van der Waals surface area contributed by atoms with Gasteiger partial charge in [-0.05, 0) is 25.3 Å². The van der Waals surface area contributed by atoms with Crippen molar-refractivity contribution in [3.63, 3.8) is 0 Å². The molecule has 0 aromatic heterocycles. The molecular formula is C14H19NO. The molecule has 0 saturated heterocycles. The van der Waals surface area contributed by atoms with E-state index in [-0.39, 0.29) is 11.8 Å². The first-order valence-corrected chi connectivity index (χ1v) is 6.09. The number of aryl methyl sites for hydroxylation is 1. The Labute approximate surface area is 97.1 Å². The fourth-order valence-electron chi connectivity index (χ4n) is 2.34. The number of hydrogen-bond acceptors (Lipinski definition) is 1. The highest BCUT2D eigenvalue weighted by molar-refractivity contribution is 5.78. The minimum atomic E-state index is 0.235. The molecule has 0 spiro atoms. The van der Waals surface area contributed by atoms with Crippen LogP contribution in [0, 0.1) is 12.8 Å². The molecule has 1 aliphatic rings. The van der Waals surface area contributed by atoms with E-state index in [0.29, 0.717) is 6.54 Å². The van der Waals surface area contributed by atoms with Gasteiger partial charge in [0.25, 0.3) is 0 Å². The average Bonchev–Trinajstić information content (AvgIpc) is 2.79. The van der Waals surface area contributed by atoms with Crippen LogP contribution in [0.2, 0.25) is 0 Å². The zero-order valence-electron chi connectivity index (χ0n) is 9.83. The maximum atomic E-state index is 11.8. The Morgan fingerprint density at radius 1 is 1.38 bits per heavy atom. The lowest BCUT2D eigenvalue weighted by Gasteiger charge is -2.10. The Hall–Kier alpha value is -1.31. The first-order chi connectivity index (χ1) is 7.75. The maximum Gasteiger partial charge on any atom is 0.223 e. The second-order valence-electron chi connectivity index (χ2n) is 4.69. The Bertz CT molecular complexity index is 367. The zero-order chi connectivity index (χ0) is 11.4. The van der Waals surface area contributed by atoms with Crippen molar-refractivity contribution >= 4 is 5.91 Å². The molecule has 0 atom stereocenters. The lowest BCUT2D eigenvalue weighted by molar-refractivity contribution is -0.124. The summed E-state index contributed by atoms with van der Waals surface area (Å²) < 4.78 is 0. The average molecular weight is 217 g/mol. The summed E-state index contributed by atoms with van der Waals surface area (Å²) in [6.45, 7) is 2.74. The van der Waals surface area contributed by atoms with E-state index in [2.05, 4.69) is 30.4 Å². The lowest BCUT2D eigenvalue weighted by atomic mass is 10.1. The third-order valence-corrected chi connectivity index (χ3v) is 3.28. The van der Waals surface area contributed by atoms with Gasteiger partial charge in [0, 0.05) is 12.5 Å². The van der Waals surface area contributed by atoms with E-state index in [4.69, 9.17) is 0 Å². The molecule has 86 valence electrons. The molecule has 0 heterocycles. The molecule has 2 nitrogen and oxygen atoms in total. The van der Waals surface area contributed by atoms with E-state index in [1.807, 2.05) is 6.07 Å². The lowest BCUT2D eigenvalue weighted by Crippen LogP contribution is -2.28. The molecule has 0 radical (unpaired) electrons. The van der Waals surface area contributed by atoms with Gasteiger partial charge in [-0.3, -0.25) is 4.79 Å². The van der Waals surface area contributed by atoms with Crippen LogP contribution in [0.5, 0.6) is 0 Å². The van der Waals surface area contributed by atoms with Gasteiger partial charge in [0.05, 0.1) is 0 Å². The predicted octanol–water partition coefficient (Wildman–Crippen LogP) is 2.80. The van der Waals surface area contributed by atoms with Crippen molar-refractivity contribution in [2.45, 2.75) is 39.2 Å². The van der Waals surface area contributed by atoms with E-state index < -0.39 is 0 Å². The second-order valence-corrected chi connectivity index (χ2v) is 4.69. The number of carbonyl (C=O) groups is 1. The number of benzene rings is 1. The number of carbonyl (C=O) groups excluding carboxylic acids is 1. The molecule has 16 heavy (non-hydrogen) atoms. The van der Waals surface area contributed by atoms with Gasteiger partial charge in [0.2, 0.25) is 5.91 Å². The molecular weight excluding hydrogens is 198 g/mol. The first-order valence-electron chi connectivity index (χ1n) is 6.09. The molecule has 1 saturated carbocycles. The Kier molecular flexibility index (Phi) is 3.60. The van der Waals surface area contributed by atoms with E-state index >= 15 is 0 Å². The van der Waals surface area contributed by atoms with Crippen LogP contribution in [0.3, 0.4) is 0 Å². The van der Waals surface area contributed by atoms with Crippen molar-refractivity contribution in [3.8, 4) is 0 Å². The molecule has 0 bridgehead atoms. The summed E-state index contributed by atoms with van der Waals surface area (Å²) >= 11 is 0. The van der Waals surface area contributed by atoms with Crippen molar-refractivity contribution in [2.75, 3.05) is 0 Å². The summed E-state index contributed by atoms with van der Waals surface area (Å²) in [5.41, 5.74) is 2.43. The van der Waals surface area contributed by atoms with Crippen LogP contribution < -0.4 is 5.32 Å². The van der Waals surface area contributed by atoms with Crippen molar-refractivity contribution in [2.24, 2.45) is 5.92 Å². The molecule has 1 aromatic rings. The fourth-order valence-corrected chi connectivity index (χ4v) is 2.34. The van der Waals surface area contributed by atoms with Gasteiger partial charge in [-0.1, -0.05) is 42.7 Å². The van der Waals surface area contributed by atoms with Crippen molar-refractivity contribution in [1.29, 1.82) is 0 Å². The van der Waals surface area contributed by atoms with E-state index in [0.717, 1.165) is 12.8 Å². The monoisotopic (exact) mass is 217 g/mol. The normalized spacial score (nSPS) is 16.3. The Morgan fingerprint density at radius 3 is 2.81 bits per heavy atom. The minimum Gasteiger partial charge on any atom is -0.352 e. The van der Waals surface area contributed by atoms with Crippen molar-refractivity contribution in [1.82, 2.24) is 5.32 Å². The number of amides is 1. The van der Waals surface area contributed by atoms with Crippen LogP contribution in [0.1, 0.15) is 36.8 Å². The maximum absolute atomic E-state index is 11.8. The van der Waals surface area contributed by atoms with Gasteiger partial charge in [0.15, 0.2) is 0 Å². The van der Waals surface area contributed by atoms with E-state index in [1.54, 1.807) is 0 Å². The fraction of sp³-hybridized carbons (Fsp3) is 0.500. The molecule has 2 rings (SSSR count). The molecule has 1 N–H and O–H groups in total. The van der Waals surface area contributed by atoms with Crippen molar-refractivity contribution < 1.29 is 4.79 Å². The molecule has 2 heteroatoms. The third kappa shape index (κ3) is 2.84. The highest BCUT2D eigenvalue weighted by Gasteiger charge is 2.21. The third-order valence-electron chi connectivity index (χ3n) is 3.28. The number of nitrogens with one attached hydrogen (secondary N) is 1. The van der Waals surface area contributed by atoms with Crippen LogP contribution in [-0.4, -0.2) is 5.91 Å². The summed E-state index contributed by atoms with van der Waals surface area (Å²) in [4.78, 5) is 11.8. The number of hydrogen-bond donors (Lipinski definition) is 1. The molecule has 1 aromatic carbocycles. The molecule has 0 aliphatic heterocycles. The number of rotatable bonds is 3. The molecule has 1 fully saturated rings. The molecule has 1 amide bonds. The van der Waals surface area contributed by atoms with Crippen LogP contribution in [-0.2, 0) is 11.3 Å². The van der Waals surface area contributed by atoms with Gasteiger partial charge in [-0.15, -0.1) is 0 Å². The zero-order valence-corrected chi connectivity index (χ0v) is 9.83. The highest BCUT2D eigenvalue weighted by Crippen LogP contribution is 2.24. The largest absolute Gasteiger partial charge is 0.352 e. The van der Waals surface area contributed by atoms with E-state index in [1.165, 1.54) is 24.0 Å². The second kappa shape index (κ2) is 5.15. The Morgan fingerprint density at radius 2 is 2.12 bits per heavy atom. The summed E-state index contributed by atoms with van der Waals surface area (Å²) in [5, 5.41) is 3.03. The smallest absolute Gasteiger partial charge is 0.223 e. The minimum absolute atomic E-state index is 0.235. The summed E-state index contributed by atoms with van der Waals surface area (Å²) in [6.07, 6.45) is 4.56. The standard InChI is InChI=1S/C14H19NO/c1-11-5-4-6-12(9-11)10-15-14(16)13-7-2-3-8-13/h4-6,9,13H,2-3,7-8,10H2,1H3,(H,15,16). The van der Waals surface area contributed by atoms with Gasteiger partial charge >= 0.3 is 0 Å². The Balaban J connectivity index is 1.84. The summed E-state index contributed by atoms with van der Waals surface area (Å²) in [6, 6.07) is 8.28. The van der Waals surface area contributed by atoms with E-state index in [9.17, 15) is 4.79 Å². The van der Waals surface area contributed by atoms with Crippen LogP contribution in [0.15, 0.2) is 24.3 Å².